The lowest BCUT2D eigenvalue weighted by atomic mass is 9.83. The second-order valence-electron chi connectivity index (χ2n) is 11.5. The number of furan rings is 1. The number of fused-ring (bicyclic) bond motifs is 6. The van der Waals surface area contributed by atoms with Crippen molar-refractivity contribution in [3.8, 4) is 44.5 Å². The minimum atomic E-state index is -0.741. The Morgan fingerprint density at radius 1 is 0.367 bits per heavy atom. The Kier molecular flexibility index (Phi) is 3.54. The van der Waals surface area contributed by atoms with Gasteiger partial charge in [-0.25, -0.2) is 0 Å². The summed E-state index contributed by atoms with van der Waals surface area (Å²) < 4.78 is 160. The van der Waals surface area contributed by atoms with Crippen molar-refractivity contribution in [2.45, 2.75) is 0 Å². The Labute approximate surface area is 308 Å². The molecule has 1 heteroatoms. The first-order chi connectivity index (χ1) is 31.4. The van der Waals surface area contributed by atoms with Gasteiger partial charge in [-0.2, -0.15) is 0 Å². The lowest BCUT2D eigenvalue weighted by Crippen LogP contribution is -1.92. The summed E-state index contributed by atoms with van der Waals surface area (Å²) in [7, 11) is 0. The van der Waals surface area contributed by atoms with Crippen LogP contribution in [-0.4, -0.2) is 0 Å². The molecule has 1 aromatic heterocycles. The molecule has 10 aromatic rings. The first-order valence-electron chi connectivity index (χ1n) is 24.0. The third-order valence-electron chi connectivity index (χ3n) is 8.75. The lowest BCUT2D eigenvalue weighted by molar-refractivity contribution is 0.669. The summed E-state index contributed by atoms with van der Waals surface area (Å²) in [5, 5.41) is 0.723. The molecule has 0 bridgehead atoms. The Bertz CT molecular complexity index is 3760. The first-order valence-corrected chi connectivity index (χ1v) is 15.5. The van der Waals surface area contributed by atoms with Gasteiger partial charge in [-0.3, -0.25) is 0 Å². The van der Waals surface area contributed by atoms with Crippen LogP contribution in [0.25, 0.3) is 98.8 Å². The minimum Gasteiger partial charge on any atom is -0.456 e. The topological polar surface area (TPSA) is 13.1 Å². The van der Waals surface area contributed by atoms with Crippen molar-refractivity contribution in [1.82, 2.24) is 0 Å². The molecule has 0 amide bonds. The van der Waals surface area contributed by atoms with Crippen LogP contribution in [0.4, 0.5) is 0 Å². The van der Waals surface area contributed by atoms with E-state index in [2.05, 4.69) is 0 Å². The highest BCUT2D eigenvalue weighted by molar-refractivity contribution is 6.26. The third-order valence-corrected chi connectivity index (χ3v) is 8.75. The van der Waals surface area contributed by atoms with Gasteiger partial charge in [0, 0.05) is 10.8 Å². The van der Waals surface area contributed by atoms with E-state index in [1.54, 1.807) is 78.9 Å². The number of rotatable bonds is 4. The van der Waals surface area contributed by atoms with Crippen LogP contribution in [0.5, 0.6) is 0 Å². The smallest absolute Gasteiger partial charge is 0.136 e. The predicted molar refractivity (Wildman–Crippen MR) is 208 cm³/mol. The molecule has 0 atom stereocenters. The van der Waals surface area contributed by atoms with Crippen molar-refractivity contribution in [1.29, 1.82) is 0 Å². The summed E-state index contributed by atoms with van der Waals surface area (Å²) in [6.07, 6.45) is 0. The summed E-state index contributed by atoms with van der Waals surface area (Å²) in [5.74, 6) is 0. The third kappa shape index (κ3) is 4.40. The molecule has 0 saturated carbocycles. The summed E-state index contributed by atoms with van der Waals surface area (Å²) >= 11 is 0. The molecule has 0 N–H and O–H groups in total. The largest absolute Gasteiger partial charge is 0.456 e. The van der Waals surface area contributed by atoms with Gasteiger partial charge in [0.2, 0.25) is 0 Å². The van der Waals surface area contributed by atoms with Crippen molar-refractivity contribution in [3.63, 3.8) is 0 Å². The predicted octanol–water partition coefficient (Wildman–Crippen LogP) is 13.7. The highest BCUT2D eigenvalue weighted by Crippen LogP contribution is 2.48. The second-order valence-corrected chi connectivity index (χ2v) is 11.5. The molecule has 0 radical (unpaired) electrons. The van der Waals surface area contributed by atoms with Crippen molar-refractivity contribution in [2.75, 3.05) is 0 Å². The van der Waals surface area contributed by atoms with Crippen LogP contribution < -0.4 is 0 Å². The molecule has 0 aliphatic heterocycles. The molecular weight excluding hydrogens is 593 g/mol. The van der Waals surface area contributed by atoms with Crippen LogP contribution in [0.3, 0.4) is 0 Å². The molecule has 1 nitrogen and oxygen atoms in total. The molecule has 0 saturated heterocycles. The molecule has 0 spiro atoms. The van der Waals surface area contributed by atoms with E-state index >= 15 is 0 Å². The van der Waals surface area contributed by atoms with E-state index in [0.29, 0.717) is 32.7 Å². The quantitative estimate of drug-likeness (QED) is 0.175. The highest BCUT2D eigenvalue weighted by Gasteiger charge is 2.21. The van der Waals surface area contributed by atoms with E-state index < -0.39 is 95.7 Å². The normalized spacial score (nSPS) is 16.5. The van der Waals surface area contributed by atoms with Gasteiger partial charge >= 0.3 is 0 Å². The van der Waals surface area contributed by atoms with Gasteiger partial charge in [-0.1, -0.05) is 151 Å². The first kappa shape index (κ1) is 15.6. The van der Waals surface area contributed by atoms with Crippen LogP contribution in [0.2, 0.25) is 0 Å². The van der Waals surface area contributed by atoms with Crippen molar-refractivity contribution >= 4 is 54.3 Å². The highest BCUT2D eigenvalue weighted by atomic mass is 16.3. The summed E-state index contributed by atoms with van der Waals surface area (Å²) in [4.78, 5) is 0. The maximum Gasteiger partial charge on any atom is 0.136 e. The summed E-state index contributed by atoms with van der Waals surface area (Å²) in [6, 6.07) is 12.5. The SMILES string of the molecule is [2H]c1c([2H])c([2H])c(-c2c([2H])c(-c3c4ccccc4c(-c4c([2H])c([2H])c([2H])c5oc6c([2H])c(-c7ccccc7)c([2H])c([2H])c6c45)c4ccccc34)c([2H])c3c([2H])c([2H])c([2H])c([2H])c23)c([2H])c1[2H]. The van der Waals surface area contributed by atoms with Crippen molar-refractivity contribution in [3.05, 3.63) is 182 Å². The Morgan fingerprint density at radius 2 is 1.04 bits per heavy atom. The molecule has 10 rings (SSSR count). The van der Waals surface area contributed by atoms with Gasteiger partial charge in [0.25, 0.3) is 0 Å². The zero-order valence-electron chi connectivity index (χ0n) is 42.4. The van der Waals surface area contributed by atoms with Crippen LogP contribution >= 0.6 is 0 Å². The zero-order valence-corrected chi connectivity index (χ0v) is 25.4. The average Bonchev–Trinajstić information content (AvgIpc) is 3.72. The van der Waals surface area contributed by atoms with E-state index in [1.807, 2.05) is 0 Å². The van der Waals surface area contributed by atoms with Gasteiger partial charge in [0.15, 0.2) is 0 Å². The minimum absolute atomic E-state index is 0.0114. The standard InChI is InChI=1S/C48H30O/c1-3-14-31(15-4-1)33-26-27-41-45(30-33)49-44-25-13-24-42(48(41)44)47-39-22-11-9-20-37(39)46(38-21-10-12-23-40(38)47)35-28-34-18-7-8-19-36(34)43(29-35)32-16-5-2-6-17-32/h1-30H/i2D,5D,6D,7D,8D,13D,16D,17D,18D,19D,24D,25D,26D,27D,28D,29D,30D. The summed E-state index contributed by atoms with van der Waals surface area (Å²) in [5.41, 5.74) is -0.223. The van der Waals surface area contributed by atoms with Crippen LogP contribution in [0, 0.1) is 0 Å². The zero-order chi connectivity index (χ0) is 47.1. The van der Waals surface area contributed by atoms with E-state index in [9.17, 15) is 6.85 Å². The second kappa shape index (κ2) is 11.1. The lowest BCUT2D eigenvalue weighted by Gasteiger charge is -2.19. The van der Waals surface area contributed by atoms with Gasteiger partial charge in [0.1, 0.15) is 11.2 Å². The molecule has 9 aromatic carbocycles. The maximum absolute atomic E-state index is 9.95. The number of hydrogen-bond donors (Lipinski definition) is 0. The molecule has 0 fully saturated rings. The fourth-order valence-electron chi connectivity index (χ4n) is 6.68. The molecule has 1 heterocycles. The van der Waals surface area contributed by atoms with E-state index in [0.717, 1.165) is 0 Å². The van der Waals surface area contributed by atoms with Crippen LogP contribution in [0.1, 0.15) is 23.3 Å². The van der Waals surface area contributed by atoms with Gasteiger partial charge in [-0.15, -0.1) is 0 Å². The maximum atomic E-state index is 9.95. The number of hydrogen-bond acceptors (Lipinski definition) is 1. The van der Waals surface area contributed by atoms with E-state index in [1.165, 1.54) is 0 Å². The Morgan fingerprint density at radius 3 is 1.80 bits per heavy atom. The molecule has 0 unspecified atom stereocenters. The fourth-order valence-corrected chi connectivity index (χ4v) is 6.68. The van der Waals surface area contributed by atoms with Crippen molar-refractivity contribution in [2.24, 2.45) is 0 Å². The molecule has 0 aliphatic rings. The molecule has 0 aliphatic carbocycles. The monoisotopic (exact) mass is 639 g/mol. The fraction of sp³-hybridized carbons (Fsp3) is 0. The molecule has 228 valence electrons. The van der Waals surface area contributed by atoms with Crippen LogP contribution in [0.15, 0.2) is 186 Å². The van der Waals surface area contributed by atoms with Gasteiger partial charge in [0.05, 0.1) is 23.3 Å². The van der Waals surface area contributed by atoms with E-state index in [4.69, 9.17) is 20.9 Å². The number of benzene rings is 9. The average molecular weight is 640 g/mol. The van der Waals surface area contributed by atoms with Crippen LogP contribution in [-0.2, 0) is 0 Å². The van der Waals surface area contributed by atoms with Crippen molar-refractivity contribution < 1.29 is 27.7 Å². The Balaban J connectivity index is 1.42. The van der Waals surface area contributed by atoms with E-state index in [-0.39, 0.29) is 73.1 Å². The van der Waals surface area contributed by atoms with Gasteiger partial charge < -0.3 is 4.42 Å². The molecular formula is C48H30O. The Hall–Kier alpha value is -6.44. The summed E-state index contributed by atoms with van der Waals surface area (Å²) in [6.45, 7) is 0. The van der Waals surface area contributed by atoms with Gasteiger partial charge in [-0.05, 0) is 107 Å². The molecule has 49 heavy (non-hydrogen) atoms.